The van der Waals surface area contributed by atoms with Crippen LogP contribution in [0.25, 0.3) is 0 Å². The van der Waals surface area contributed by atoms with Gasteiger partial charge in [-0.15, -0.1) is 11.6 Å². The second-order valence-corrected chi connectivity index (χ2v) is 6.32. The van der Waals surface area contributed by atoms with Gasteiger partial charge in [0, 0.05) is 29.1 Å². The number of likely N-dealkylation sites (tertiary alicyclic amines) is 1. The van der Waals surface area contributed by atoms with E-state index in [-0.39, 0.29) is 11.3 Å². The standard InChI is InChI=1S/C15H19Cl2NO/c1-10-13(4-3-5-14(10)17)15(19)18-8-6-12(7-9-18)11(2)16/h3-5,11-12H,6-9H2,1-2H3. The molecule has 1 amide bonds. The summed E-state index contributed by atoms with van der Waals surface area (Å²) in [4.78, 5) is 14.4. The summed E-state index contributed by atoms with van der Waals surface area (Å²) in [7, 11) is 0. The number of rotatable bonds is 2. The number of nitrogens with zero attached hydrogens (tertiary/aromatic N) is 1. The van der Waals surface area contributed by atoms with Crippen molar-refractivity contribution in [3.63, 3.8) is 0 Å². The minimum Gasteiger partial charge on any atom is -0.339 e. The van der Waals surface area contributed by atoms with Crippen LogP contribution in [-0.2, 0) is 0 Å². The van der Waals surface area contributed by atoms with Gasteiger partial charge in [0.25, 0.3) is 5.91 Å². The Hall–Kier alpha value is -0.730. The maximum Gasteiger partial charge on any atom is 0.254 e. The van der Waals surface area contributed by atoms with Crippen LogP contribution in [0.1, 0.15) is 35.7 Å². The third-order valence-electron chi connectivity index (χ3n) is 3.97. The topological polar surface area (TPSA) is 20.3 Å². The van der Waals surface area contributed by atoms with Crippen LogP contribution in [0.2, 0.25) is 5.02 Å². The summed E-state index contributed by atoms with van der Waals surface area (Å²) in [6.07, 6.45) is 1.96. The van der Waals surface area contributed by atoms with E-state index in [1.54, 1.807) is 0 Å². The summed E-state index contributed by atoms with van der Waals surface area (Å²) in [6, 6.07) is 5.49. The van der Waals surface area contributed by atoms with Crippen LogP contribution < -0.4 is 0 Å². The Morgan fingerprint density at radius 3 is 2.58 bits per heavy atom. The molecule has 1 aromatic rings. The van der Waals surface area contributed by atoms with Gasteiger partial charge in [0.2, 0.25) is 0 Å². The number of halogens is 2. The molecule has 1 unspecified atom stereocenters. The molecule has 0 aliphatic carbocycles. The van der Waals surface area contributed by atoms with Gasteiger partial charge in [0.15, 0.2) is 0 Å². The highest BCUT2D eigenvalue weighted by Gasteiger charge is 2.26. The van der Waals surface area contributed by atoms with E-state index in [1.165, 1.54) is 0 Å². The van der Waals surface area contributed by atoms with Gasteiger partial charge < -0.3 is 4.90 Å². The minimum atomic E-state index is 0.0840. The number of amides is 1. The molecular weight excluding hydrogens is 281 g/mol. The molecule has 1 aliphatic heterocycles. The van der Waals surface area contributed by atoms with E-state index >= 15 is 0 Å². The molecule has 1 heterocycles. The molecule has 0 radical (unpaired) electrons. The third kappa shape index (κ3) is 3.24. The number of hydrogen-bond donors (Lipinski definition) is 0. The van der Waals surface area contributed by atoms with E-state index in [9.17, 15) is 4.79 Å². The third-order valence-corrected chi connectivity index (χ3v) is 4.74. The van der Waals surface area contributed by atoms with Gasteiger partial charge in [-0.2, -0.15) is 0 Å². The van der Waals surface area contributed by atoms with Crippen molar-refractivity contribution >= 4 is 29.1 Å². The predicted octanol–water partition coefficient (Wildman–Crippen LogP) is 4.13. The lowest BCUT2D eigenvalue weighted by Gasteiger charge is -2.33. The fourth-order valence-corrected chi connectivity index (χ4v) is 3.00. The molecule has 1 aliphatic rings. The number of benzene rings is 1. The van der Waals surface area contributed by atoms with Crippen LogP contribution in [0.3, 0.4) is 0 Å². The first kappa shape index (κ1) is 14.7. The van der Waals surface area contributed by atoms with Crippen molar-refractivity contribution in [1.29, 1.82) is 0 Å². The van der Waals surface area contributed by atoms with Crippen LogP contribution in [0.5, 0.6) is 0 Å². The Kier molecular flexibility index (Phi) is 4.75. The first-order chi connectivity index (χ1) is 9.00. The van der Waals surface area contributed by atoms with Gasteiger partial charge in [-0.05, 0) is 50.3 Å². The van der Waals surface area contributed by atoms with Gasteiger partial charge in [0.1, 0.15) is 0 Å². The highest BCUT2D eigenvalue weighted by Crippen LogP contribution is 2.26. The molecule has 0 aromatic heterocycles. The Morgan fingerprint density at radius 2 is 2.00 bits per heavy atom. The summed E-state index contributed by atoms with van der Waals surface area (Å²) in [6.45, 7) is 5.49. The Morgan fingerprint density at radius 1 is 1.37 bits per heavy atom. The monoisotopic (exact) mass is 299 g/mol. The van der Waals surface area contributed by atoms with Crippen molar-refractivity contribution < 1.29 is 4.79 Å². The van der Waals surface area contributed by atoms with Crippen LogP contribution in [0.4, 0.5) is 0 Å². The first-order valence-electron chi connectivity index (χ1n) is 6.69. The number of carbonyl (C=O) groups excluding carboxylic acids is 1. The number of carbonyl (C=O) groups is 1. The largest absolute Gasteiger partial charge is 0.339 e. The molecule has 1 saturated heterocycles. The zero-order chi connectivity index (χ0) is 14.0. The number of piperidine rings is 1. The molecule has 0 bridgehead atoms. The number of hydrogen-bond acceptors (Lipinski definition) is 1. The zero-order valence-corrected chi connectivity index (χ0v) is 12.8. The number of alkyl halides is 1. The lowest BCUT2D eigenvalue weighted by molar-refractivity contribution is 0.0689. The van der Waals surface area contributed by atoms with Crippen molar-refractivity contribution in [2.24, 2.45) is 5.92 Å². The van der Waals surface area contributed by atoms with Gasteiger partial charge in [-0.3, -0.25) is 4.79 Å². The molecule has 4 heteroatoms. The maximum absolute atomic E-state index is 12.5. The molecule has 0 N–H and O–H groups in total. The average molecular weight is 300 g/mol. The van der Waals surface area contributed by atoms with Crippen LogP contribution >= 0.6 is 23.2 Å². The van der Waals surface area contributed by atoms with Crippen LogP contribution in [0, 0.1) is 12.8 Å². The summed E-state index contributed by atoms with van der Waals surface area (Å²) in [5.74, 6) is 0.604. The van der Waals surface area contributed by atoms with Crippen molar-refractivity contribution in [2.75, 3.05) is 13.1 Å². The molecule has 19 heavy (non-hydrogen) atoms. The van der Waals surface area contributed by atoms with E-state index in [1.807, 2.05) is 36.9 Å². The van der Waals surface area contributed by atoms with E-state index in [0.29, 0.717) is 16.5 Å². The molecule has 2 nitrogen and oxygen atoms in total. The average Bonchev–Trinajstić information content (AvgIpc) is 2.41. The highest BCUT2D eigenvalue weighted by molar-refractivity contribution is 6.31. The first-order valence-corrected chi connectivity index (χ1v) is 7.50. The van der Waals surface area contributed by atoms with E-state index in [2.05, 4.69) is 0 Å². The molecule has 0 saturated carbocycles. The van der Waals surface area contributed by atoms with Crippen molar-refractivity contribution in [3.05, 3.63) is 34.3 Å². The summed E-state index contributed by atoms with van der Waals surface area (Å²) in [5, 5.41) is 0.834. The molecule has 1 aromatic carbocycles. The van der Waals surface area contributed by atoms with Gasteiger partial charge in [0.05, 0.1) is 0 Å². The second-order valence-electron chi connectivity index (χ2n) is 5.22. The van der Waals surface area contributed by atoms with Crippen molar-refractivity contribution in [3.8, 4) is 0 Å². The fourth-order valence-electron chi connectivity index (χ4n) is 2.57. The zero-order valence-electron chi connectivity index (χ0n) is 11.3. The molecule has 1 fully saturated rings. The van der Waals surface area contributed by atoms with Gasteiger partial charge in [-0.25, -0.2) is 0 Å². The highest BCUT2D eigenvalue weighted by atomic mass is 35.5. The van der Waals surface area contributed by atoms with Crippen molar-refractivity contribution in [1.82, 2.24) is 4.90 Å². The summed E-state index contributed by atoms with van der Waals surface area (Å²) >= 11 is 12.2. The maximum atomic E-state index is 12.5. The van der Waals surface area contributed by atoms with Crippen LogP contribution in [-0.4, -0.2) is 29.3 Å². The lowest BCUT2D eigenvalue weighted by Crippen LogP contribution is -2.40. The summed E-state index contributed by atoms with van der Waals surface area (Å²) in [5.41, 5.74) is 1.58. The minimum absolute atomic E-state index is 0.0840. The molecule has 0 spiro atoms. The normalized spacial score (nSPS) is 18.4. The van der Waals surface area contributed by atoms with E-state index in [0.717, 1.165) is 31.5 Å². The van der Waals surface area contributed by atoms with Crippen LogP contribution in [0.15, 0.2) is 18.2 Å². The van der Waals surface area contributed by atoms with E-state index < -0.39 is 0 Å². The Bertz CT molecular complexity index is 465. The summed E-state index contributed by atoms with van der Waals surface area (Å²) < 4.78 is 0. The Balaban J connectivity index is 2.07. The van der Waals surface area contributed by atoms with E-state index in [4.69, 9.17) is 23.2 Å². The van der Waals surface area contributed by atoms with Gasteiger partial charge in [-0.1, -0.05) is 17.7 Å². The molecular formula is C15H19Cl2NO. The van der Waals surface area contributed by atoms with Gasteiger partial charge >= 0.3 is 0 Å². The molecule has 2 rings (SSSR count). The lowest BCUT2D eigenvalue weighted by atomic mass is 9.93. The van der Waals surface area contributed by atoms with Crippen molar-refractivity contribution in [2.45, 2.75) is 32.1 Å². The second kappa shape index (κ2) is 6.15. The fraction of sp³-hybridized carbons (Fsp3) is 0.533. The molecule has 1 atom stereocenters. The SMILES string of the molecule is Cc1c(Cl)cccc1C(=O)N1CCC(C(C)Cl)CC1. The predicted molar refractivity (Wildman–Crippen MR) is 80.1 cm³/mol. The molecule has 104 valence electrons. The quantitative estimate of drug-likeness (QED) is 0.752. The Labute approximate surface area is 124 Å². The smallest absolute Gasteiger partial charge is 0.254 e.